The van der Waals surface area contributed by atoms with Crippen molar-refractivity contribution >= 4 is 49.1 Å². The lowest BCUT2D eigenvalue weighted by molar-refractivity contribution is 0.101. The minimum atomic E-state index is -4.18. The molecule has 0 aliphatic heterocycles. The third-order valence-electron chi connectivity index (χ3n) is 3.91. The average molecular weight is 481 g/mol. The molecule has 0 fully saturated rings. The molecule has 0 N–H and O–H groups in total. The average Bonchev–Trinajstić information content (AvgIpc) is 2.69. The SMILES string of the molecule is COc1ccc(N(C(=O)c2cccc(Br)c2)S(=O)(=O)c2ccc(Cl)cc2)cc1. The first-order valence-electron chi connectivity index (χ1n) is 8.08. The van der Waals surface area contributed by atoms with Gasteiger partial charge in [0, 0.05) is 15.1 Å². The molecule has 0 saturated carbocycles. The first kappa shape index (κ1) is 20.4. The number of carbonyl (C=O) groups excluding carboxylic acids is 1. The van der Waals surface area contributed by atoms with Gasteiger partial charge < -0.3 is 4.74 Å². The van der Waals surface area contributed by atoms with Crippen LogP contribution in [0.2, 0.25) is 5.02 Å². The second kappa shape index (κ2) is 8.34. The van der Waals surface area contributed by atoms with E-state index in [0.717, 1.165) is 4.31 Å². The number of benzene rings is 3. The number of nitrogens with zero attached hydrogens (tertiary/aromatic N) is 1. The van der Waals surface area contributed by atoms with Crippen molar-refractivity contribution in [1.82, 2.24) is 0 Å². The number of ether oxygens (including phenoxy) is 1. The second-order valence-corrected chi connectivity index (χ2v) is 8.88. The summed E-state index contributed by atoms with van der Waals surface area (Å²) < 4.78 is 33.2. The third kappa shape index (κ3) is 4.22. The zero-order chi connectivity index (χ0) is 20.3. The summed E-state index contributed by atoms with van der Waals surface area (Å²) in [5, 5.41) is 0.397. The van der Waals surface area contributed by atoms with Gasteiger partial charge in [0.15, 0.2) is 0 Å². The molecular formula is C20H15BrClNO4S. The Bertz CT molecular complexity index is 1100. The smallest absolute Gasteiger partial charge is 0.272 e. The van der Waals surface area contributed by atoms with E-state index >= 15 is 0 Å². The van der Waals surface area contributed by atoms with Crippen LogP contribution in [-0.4, -0.2) is 21.4 Å². The Hall–Kier alpha value is -2.35. The largest absolute Gasteiger partial charge is 0.497 e. The molecule has 0 bridgehead atoms. The van der Waals surface area contributed by atoms with Gasteiger partial charge in [0.25, 0.3) is 15.9 Å². The molecule has 8 heteroatoms. The van der Waals surface area contributed by atoms with Gasteiger partial charge in [-0.25, -0.2) is 8.42 Å². The zero-order valence-corrected chi connectivity index (χ0v) is 17.8. The summed E-state index contributed by atoms with van der Waals surface area (Å²) >= 11 is 9.18. The van der Waals surface area contributed by atoms with E-state index in [0.29, 0.717) is 15.2 Å². The van der Waals surface area contributed by atoms with Crippen molar-refractivity contribution in [3.8, 4) is 5.75 Å². The maximum atomic E-state index is 13.3. The number of halogens is 2. The molecule has 1 amide bonds. The van der Waals surface area contributed by atoms with Crippen LogP contribution in [0.25, 0.3) is 0 Å². The first-order chi connectivity index (χ1) is 13.3. The lowest BCUT2D eigenvalue weighted by Crippen LogP contribution is -2.37. The van der Waals surface area contributed by atoms with Crippen LogP contribution in [0, 0.1) is 0 Å². The van der Waals surface area contributed by atoms with E-state index in [1.165, 1.54) is 43.5 Å². The number of amides is 1. The highest BCUT2D eigenvalue weighted by Crippen LogP contribution is 2.29. The topological polar surface area (TPSA) is 63.7 Å². The van der Waals surface area contributed by atoms with Crippen LogP contribution in [0.5, 0.6) is 5.75 Å². The Morgan fingerprint density at radius 3 is 2.21 bits per heavy atom. The predicted molar refractivity (Wildman–Crippen MR) is 113 cm³/mol. The summed E-state index contributed by atoms with van der Waals surface area (Å²) in [6.07, 6.45) is 0. The standard InChI is InChI=1S/C20H15BrClNO4S/c1-27-18-9-7-17(8-10-18)23(20(24)14-3-2-4-15(21)13-14)28(25,26)19-11-5-16(22)6-12-19/h2-13H,1H3. The lowest BCUT2D eigenvalue weighted by atomic mass is 10.2. The highest BCUT2D eigenvalue weighted by atomic mass is 79.9. The van der Waals surface area contributed by atoms with E-state index in [1.54, 1.807) is 36.4 Å². The summed E-state index contributed by atoms with van der Waals surface area (Å²) in [7, 11) is -2.68. The second-order valence-electron chi connectivity index (χ2n) is 5.74. The van der Waals surface area contributed by atoms with Crippen molar-refractivity contribution in [2.24, 2.45) is 0 Å². The number of hydrogen-bond acceptors (Lipinski definition) is 4. The zero-order valence-electron chi connectivity index (χ0n) is 14.7. The van der Waals surface area contributed by atoms with Gasteiger partial charge in [-0.15, -0.1) is 0 Å². The number of rotatable bonds is 5. The van der Waals surface area contributed by atoms with Crippen molar-refractivity contribution in [1.29, 1.82) is 0 Å². The number of anilines is 1. The quantitative estimate of drug-likeness (QED) is 0.507. The summed E-state index contributed by atoms with van der Waals surface area (Å²) in [4.78, 5) is 13.2. The highest BCUT2D eigenvalue weighted by Gasteiger charge is 2.32. The number of carbonyl (C=O) groups is 1. The predicted octanol–water partition coefficient (Wildman–Crippen LogP) is 5.15. The molecule has 0 aliphatic rings. The first-order valence-corrected chi connectivity index (χ1v) is 10.7. The molecule has 0 aliphatic carbocycles. The minimum Gasteiger partial charge on any atom is -0.497 e. The van der Waals surface area contributed by atoms with Crippen LogP contribution < -0.4 is 9.04 Å². The molecule has 0 saturated heterocycles. The number of methoxy groups -OCH3 is 1. The molecule has 0 aromatic heterocycles. The fourth-order valence-electron chi connectivity index (χ4n) is 2.53. The van der Waals surface area contributed by atoms with Crippen LogP contribution in [0.15, 0.2) is 82.2 Å². The maximum absolute atomic E-state index is 13.3. The van der Waals surface area contributed by atoms with Crippen molar-refractivity contribution in [2.45, 2.75) is 4.90 Å². The van der Waals surface area contributed by atoms with Gasteiger partial charge in [-0.05, 0) is 66.7 Å². The number of sulfonamides is 1. The van der Waals surface area contributed by atoms with Crippen LogP contribution in [0.3, 0.4) is 0 Å². The molecule has 0 unspecified atom stereocenters. The molecule has 0 radical (unpaired) electrons. The molecule has 3 aromatic rings. The fraction of sp³-hybridized carbons (Fsp3) is 0.0500. The highest BCUT2D eigenvalue weighted by molar-refractivity contribution is 9.10. The van der Waals surface area contributed by atoms with E-state index < -0.39 is 15.9 Å². The lowest BCUT2D eigenvalue weighted by Gasteiger charge is -2.23. The summed E-state index contributed by atoms with van der Waals surface area (Å²) in [5.74, 6) is -0.135. The van der Waals surface area contributed by atoms with Gasteiger partial charge in [0.05, 0.1) is 17.7 Å². The molecule has 3 aromatic carbocycles. The van der Waals surface area contributed by atoms with Gasteiger partial charge in [0.2, 0.25) is 0 Å². The monoisotopic (exact) mass is 479 g/mol. The Morgan fingerprint density at radius 2 is 1.64 bits per heavy atom. The molecule has 0 heterocycles. The summed E-state index contributed by atoms with van der Waals surface area (Å²) in [5.41, 5.74) is 0.420. The Balaban J connectivity index is 2.15. The Labute approximate surface area is 176 Å². The van der Waals surface area contributed by atoms with Crippen LogP contribution in [0.1, 0.15) is 10.4 Å². The van der Waals surface area contributed by atoms with Crippen molar-refractivity contribution in [3.63, 3.8) is 0 Å². The third-order valence-corrected chi connectivity index (χ3v) is 6.39. The van der Waals surface area contributed by atoms with Crippen molar-refractivity contribution in [3.05, 3.63) is 87.9 Å². The van der Waals surface area contributed by atoms with E-state index in [1.807, 2.05) is 0 Å². The van der Waals surface area contributed by atoms with E-state index in [9.17, 15) is 13.2 Å². The van der Waals surface area contributed by atoms with Crippen LogP contribution in [0.4, 0.5) is 5.69 Å². The molecule has 3 rings (SSSR count). The van der Waals surface area contributed by atoms with E-state index in [2.05, 4.69) is 15.9 Å². The molecule has 28 heavy (non-hydrogen) atoms. The maximum Gasteiger partial charge on any atom is 0.272 e. The molecule has 5 nitrogen and oxygen atoms in total. The molecule has 144 valence electrons. The van der Waals surface area contributed by atoms with Crippen LogP contribution in [-0.2, 0) is 10.0 Å². The Morgan fingerprint density at radius 1 is 1.00 bits per heavy atom. The van der Waals surface area contributed by atoms with Gasteiger partial charge in [-0.2, -0.15) is 4.31 Å². The van der Waals surface area contributed by atoms with Gasteiger partial charge >= 0.3 is 0 Å². The van der Waals surface area contributed by atoms with Gasteiger partial charge in [0.1, 0.15) is 5.75 Å². The minimum absolute atomic E-state index is 0.0453. The fourth-order valence-corrected chi connectivity index (χ4v) is 4.47. The van der Waals surface area contributed by atoms with Gasteiger partial charge in [-0.3, -0.25) is 4.79 Å². The van der Waals surface area contributed by atoms with Gasteiger partial charge in [-0.1, -0.05) is 33.6 Å². The van der Waals surface area contributed by atoms with E-state index in [-0.39, 0.29) is 16.1 Å². The van der Waals surface area contributed by atoms with Crippen molar-refractivity contribution in [2.75, 3.05) is 11.4 Å². The summed E-state index contributed by atoms with van der Waals surface area (Å²) in [6.45, 7) is 0. The molecular weight excluding hydrogens is 466 g/mol. The van der Waals surface area contributed by atoms with E-state index in [4.69, 9.17) is 16.3 Å². The molecule has 0 atom stereocenters. The Kier molecular flexibility index (Phi) is 6.07. The van der Waals surface area contributed by atoms with Crippen LogP contribution >= 0.6 is 27.5 Å². The summed E-state index contributed by atoms with van der Waals surface area (Å²) in [6, 6.07) is 18.4. The number of hydrogen-bond donors (Lipinski definition) is 0. The van der Waals surface area contributed by atoms with Crippen molar-refractivity contribution < 1.29 is 17.9 Å². The molecule has 0 spiro atoms. The normalized spacial score (nSPS) is 11.1.